The normalized spacial score (nSPS) is 13.8. The van der Waals surface area contributed by atoms with E-state index in [-0.39, 0.29) is 6.79 Å². The molecule has 1 aromatic heterocycles. The van der Waals surface area contributed by atoms with Gasteiger partial charge in [0.15, 0.2) is 11.5 Å². The van der Waals surface area contributed by atoms with E-state index in [1.54, 1.807) is 18.2 Å². The SMILES string of the molecule is FC(F)(F)c1ccc2c(-c3ccc4c(c3)OCO4)n[nH]c2c1. The van der Waals surface area contributed by atoms with E-state index < -0.39 is 11.7 Å². The van der Waals surface area contributed by atoms with E-state index in [0.717, 1.165) is 17.7 Å². The fourth-order valence-electron chi connectivity index (χ4n) is 2.46. The number of nitrogens with zero attached hydrogens (tertiary/aromatic N) is 1. The molecule has 0 saturated heterocycles. The first-order valence-corrected chi connectivity index (χ1v) is 6.48. The number of ether oxygens (including phenoxy) is 2. The van der Waals surface area contributed by atoms with Crippen molar-refractivity contribution in [2.24, 2.45) is 0 Å². The van der Waals surface area contributed by atoms with Crippen LogP contribution in [-0.2, 0) is 6.18 Å². The number of fused-ring (bicyclic) bond motifs is 2. The lowest BCUT2D eigenvalue weighted by Crippen LogP contribution is -2.04. The second-order valence-corrected chi connectivity index (χ2v) is 4.90. The predicted octanol–water partition coefficient (Wildman–Crippen LogP) is 3.98. The van der Waals surface area contributed by atoms with E-state index in [2.05, 4.69) is 10.2 Å². The van der Waals surface area contributed by atoms with Crippen LogP contribution in [0.2, 0.25) is 0 Å². The summed E-state index contributed by atoms with van der Waals surface area (Å²) in [7, 11) is 0. The van der Waals surface area contributed by atoms with Gasteiger partial charge < -0.3 is 9.47 Å². The van der Waals surface area contributed by atoms with E-state index in [1.807, 2.05) is 0 Å². The number of rotatable bonds is 1. The summed E-state index contributed by atoms with van der Waals surface area (Å²) in [5.41, 5.74) is 0.945. The third-order valence-electron chi connectivity index (χ3n) is 3.54. The standard InChI is InChI=1S/C15H9F3N2O2/c16-15(17,18)9-2-3-10-11(6-9)19-20-14(10)8-1-4-12-13(5-8)22-7-21-12/h1-6H,7H2,(H,19,20). The maximum absolute atomic E-state index is 12.7. The van der Waals surface area contributed by atoms with Gasteiger partial charge in [0.05, 0.1) is 11.1 Å². The molecule has 0 amide bonds. The maximum atomic E-state index is 12.7. The van der Waals surface area contributed by atoms with Crippen LogP contribution in [0.5, 0.6) is 11.5 Å². The third-order valence-corrected chi connectivity index (χ3v) is 3.54. The molecule has 0 saturated carbocycles. The molecule has 1 aliphatic rings. The molecule has 1 aliphatic heterocycles. The quantitative estimate of drug-likeness (QED) is 0.740. The van der Waals surface area contributed by atoms with Gasteiger partial charge in [-0.2, -0.15) is 18.3 Å². The van der Waals surface area contributed by atoms with Crippen molar-refractivity contribution < 1.29 is 22.6 Å². The van der Waals surface area contributed by atoms with Gasteiger partial charge in [0.25, 0.3) is 0 Å². The molecular weight excluding hydrogens is 297 g/mol. The third kappa shape index (κ3) is 1.97. The lowest BCUT2D eigenvalue weighted by molar-refractivity contribution is -0.137. The average molecular weight is 306 g/mol. The van der Waals surface area contributed by atoms with Crippen molar-refractivity contribution in [1.29, 1.82) is 0 Å². The van der Waals surface area contributed by atoms with Crippen LogP contribution < -0.4 is 9.47 Å². The number of hydrogen-bond donors (Lipinski definition) is 1. The number of benzene rings is 2. The van der Waals surface area contributed by atoms with Crippen molar-refractivity contribution in [2.75, 3.05) is 6.79 Å². The summed E-state index contributed by atoms with van der Waals surface area (Å²) < 4.78 is 48.7. The van der Waals surface area contributed by atoms with Gasteiger partial charge in [0.1, 0.15) is 5.69 Å². The highest BCUT2D eigenvalue weighted by atomic mass is 19.4. The number of H-pyrrole nitrogens is 1. The highest BCUT2D eigenvalue weighted by Gasteiger charge is 2.31. The Balaban J connectivity index is 1.83. The molecule has 1 N–H and O–H groups in total. The summed E-state index contributed by atoms with van der Waals surface area (Å²) in [6.45, 7) is 0.162. The molecule has 22 heavy (non-hydrogen) atoms. The van der Waals surface area contributed by atoms with Crippen molar-refractivity contribution in [2.45, 2.75) is 6.18 Å². The molecule has 4 nitrogen and oxygen atoms in total. The molecule has 3 aromatic rings. The molecule has 0 bridgehead atoms. The van der Waals surface area contributed by atoms with Crippen molar-refractivity contribution >= 4 is 10.9 Å². The average Bonchev–Trinajstić information content (AvgIpc) is 3.11. The molecule has 0 fully saturated rings. The fraction of sp³-hybridized carbons (Fsp3) is 0.133. The van der Waals surface area contributed by atoms with E-state index in [0.29, 0.717) is 28.1 Å². The second-order valence-electron chi connectivity index (χ2n) is 4.90. The number of halogens is 3. The topological polar surface area (TPSA) is 47.1 Å². The molecule has 2 heterocycles. The highest BCUT2D eigenvalue weighted by Crippen LogP contribution is 2.38. The van der Waals surface area contributed by atoms with E-state index in [1.165, 1.54) is 6.07 Å². The van der Waals surface area contributed by atoms with Gasteiger partial charge in [0.2, 0.25) is 6.79 Å². The zero-order valence-corrected chi connectivity index (χ0v) is 11.1. The maximum Gasteiger partial charge on any atom is 0.416 e. The van der Waals surface area contributed by atoms with Crippen LogP contribution in [0, 0.1) is 0 Å². The molecule has 0 unspecified atom stereocenters. The second kappa shape index (κ2) is 4.40. The summed E-state index contributed by atoms with van der Waals surface area (Å²) in [6.07, 6.45) is -4.38. The van der Waals surface area contributed by atoms with Crippen LogP contribution >= 0.6 is 0 Å². The number of aromatic nitrogens is 2. The molecule has 2 aromatic carbocycles. The highest BCUT2D eigenvalue weighted by molar-refractivity contribution is 5.93. The van der Waals surface area contributed by atoms with Gasteiger partial charge in [-0.05, 0) is 36.4 Å². The molecular formula is C15H9F3N2O2. The van der Waals surface area contributed by atoms with Gasteiger partial charge in [-0.3, -0.25) is 5.10 Å². The molecule has 4 rings (SSSR count). The van der Waals surface area contributed by atoms with Gasteiger partial charge in [-0.15, -0.1) is 0 Å². The first kappa shape index (κ1) is 13.0. The predicted molar refractivity (Wildman–Crippen MR) is 72.7 cm³/mol. The summed E-state index contributed by atoms with van der Waals surface area (Å²) in [4.78, 5) is 0. The minimum atomic E-state index is -4.38. The number of alkyl halides is 3. The Morgan fingerprint density at radius 3 is 2.64 bits per heavy atom. The molecule has 7 heteroatoms. The summed E-state index contributed by atoms with van der Waals surface area (Å²) >= 11 is 0. The van der Waals surface area contributed by atoms with Crippen molar-refractivity contribution in [1.82, 2.24) is 10.2 Å². The summed E-state index contributed by atoms with van der Waals surface area (Å²) in [6, 6.07) is 8.83. The number of hydrogen-bond acceptors (Lipinski definition) is 3. The Bertz CT molecular complexity index is 871. The van der Waals surface area contributed by atoms with Gasteiger partial charge in [-0.1, -0.05) is 0 Å². The zero-order valence-electron chi connectivity index (χ0n) is 11.1. The van der Waals surface area contributed by atoms with E-state index >= 15 is 0 Å². The summed E-state index contributed by atoms with van der Waals surface area (Å²) in [5.74, 6) is 1.24. The first-order valence-electron chi connectivity index (χ1n) is 6.48. The van der Waals surface area contributed by atoms with E-state index in [9.17, 15) is 13.2 Å². The Morgan fingerprint density at radius 1 is 1.00 bits per heavy atom. The molecule has 112 valence electrons. The van der Waals surface area contributed by atoms with Crippen LogP contribution in [0.3, 0.4) is 0 Å². The molecule has 0 spiro atoms. The number of nitrogens with one attached hydrogen (secondary N) is 1. The van der Waals surface area contributed by atoms with Gasteiger partial charge >= 0.3 is 6.18 Å². The van der Waals surface area contributed by atoms with Crippen LogP contribution in [0.4, 0.5) is 13.2 Å². The van der Waals surface area contributed by atoms with Crippen molar-refractivity contribution in [3.8, 4) is 22.8 Å². The Kier molecular flexibility index (Phi) is 2.60. The largest absolute Gasteiger partial charge is 0.454 e. The van der Waals surface area contributed by atoms with Crippen molar-refractivity contribution in [3.63, 3.8) is 0 Å². The van der Waals surface area contributed by atoms with Gasteiger partial charge in [0, 0.05) is 10.9 Å². The molecule has 0 atom stereocenters. The molecule has 0 radical (unpaired) electrons. The smallest absolute Gasteiger partial charge is 0.416 e. The summed E-state index contributed by atoms with van der Waals surface area (Å²) in [5, 5.41) is 7.39. The zero-order chi connectivity index (χ0) is 15.3. The monoisotopic (exact) mass is 306 g/mol. The lowest BCUT2D eigenvalue weighted by atomic mass is 10.1. The number of aromatic amines is 1. The lowest BCUT2D eigenvalue weighted by Gasteiger charge is -2.06. The van der Waals surface area contributed by atoms with Crippen LogP contribution in [0.25, 0.3) is 22.2 Å². The fourth-order valence-corrected chi connectivity index (χ4v) is 2.46. The minimum absolute atomic E-state index is 0.162. The van der Waals surface area contributed by atoms with E-state index in [4.69, 9.17) is 9.47 Å². The van der Waals surface area contributed by atoms with Crippen LogP contribution in [0.15, 0.2) is 36.4 Å². The minimum Gasteiger partial charge on any atom is -0.454 e. The Labute approximate surface area is 122 Å². The van der Waals surface area contributed by atoms with Crippen molar-refractivity contribution in [3.05, 3.63) is 42.0 Å². The first-order chi connectivity index (χ1) is 10.5. The van der Waals surface area contributed by atoms with Gasteiger partial charge in [-0.25, -0.2) is 0 Å². The Morgan fingerprint density at radius 2 is 1.82 bits per heavy atom. The molecule has 0 aliphatic carbocycles. The van der Waals surface area contributed by atoms with Crippen LogP contribution in [0.1, 0.15) is 5.56 Å². The van der Waals surface area contributed by atoms with Crippen LogP contribution in [-0.4, -0.2) is 17.0 Å². The Hall–Kier alpha value is -2.70.